The number of likely N-dealkylation sites (tertiary alicyclic amines) is 1. The second-order valence-electron chi connectivity index (χ2n) is 8.22. The number of rotatable bonds is 9. The summed E-state index contributed by atoms with van der Waals surface area (Å²) in [6.07, 6.45) is 2.97. The Balaban J connectivity index is 1.53. The van der Waals surface area contributed by atoms with Crippen molar-refractivity contribution in [2.24, 2.45) is 0 Å². The van der Waals surface area contributed by atoms with Crippen LogP contribution in [0.4, 0.5) is 5.82 Å². The van der Waals surface area contributed by atoms with Gasteiger partial charge in [0.1, 0.15) is 21.8 Å². The van der Waals surface area contributed by atoms with E-state index in [0.717, 1.165) is 31.5 Å². The van der Waals surface area contributed by atoms with Crippen molar-refractivity contribution in [3.05, 3.63) is 54.6 Å². The number of fused-ring (bicyclic) bond motifs is 1. The van der Waals surface area contributed by atoms with Crippen LogP contribution in [0.5, 0.6) is 11.5 Å². The van der Waals surface area contributed by atoms with Crippen LogP contribution in [0, 0.1) is 0 Å². The Morgan fingerprint density at radius 2 is 1.91 bits per heavy atom. The molecule has 4 rings (SSSR count). The highest BCUT2D eigenvalue weighted by Crippen LogP contribution is 2.36. The lowest BCUT2D eigenvalue weighted by atomic mass is 10.0. The molecule has 0 saturated carbocycles. The number of piperidine rings is 1. The summed E-state index contributed by atoms with van der Waals surface area (Å²) in [7, 11) is -1.07. The summed E-state index contributed by atoms with van der Waals surface area (Å²) in [5.74, 6) is 0.550. The van der Waals surface area contributed by atoms with Crippen LogP contribution >= 0.6 is 0 Å². The van der Waals surface area contributed by atoms with Gasteiger partial charge in [-0.25, -0.2) is 8.42 Å². The standard InChI is InChI=1S/C24H28N4O6S/c1-4-22(29)25-17-9-11-28(12-10-17)15-16-13-19(33-3)23-20(14-16)34-26-24(23)27-35(30,31)21-8-6-5-7-18(21)32-2/h4-8,13-14,17H,1,9-12,15H2,2-3H3,(H,25,29)(H,26,27). The molecule has 2 heterocycles. The SMILES string of the molecule is C=CC(=O)NC1CCN(Cc2cc(OC)c3c(NS(=O)(=O)c4ccccc4OC)noc3c2)CC1. The summed E-state index contributed by atoms with van der Waals surface area (Å²) >= 11 is 0. The number of anilines is 1. The predicted octanol–water partition coefficient (Wildman–Crippen LogP) is 2.91. The maximum absolute atomic E-state index is 13.0. The van der Waals surface area contributed by atoms with Gasteiger partial charge in [-0.05, 0) is 48.7 Å². The van der Waals surface area contributed by atoms with Gasteiger partial charge in [-0.3, -0.25) is 14.4 Å². The quantitative estimate of drug-likeness (QED) is 0.430. The Labute approximate surface area is 203 Å². The molecule has 3 aromatic rings. The van der Waals surface area contributed by atoms with E-state index in [4.69, 9.17) is 14.0 Å². The van der Waals surface area contributed by atoms with E-state index in [1.54, 1.807) is 18.2 Å². The average Bonchev–Trinajstić information content (AvgIpc) is 3.26. The highest BCUT2D eigenvalue weighted by Gasteiger charge is 2.25. The van der Waals surface area contributed by atoms with E-state index in [9.17, 15) is 13.2 Å². The molecule has 1 aliphatic rings. The minimum absolute atomic E-state index is 0.0121. The molecule has 2 N–H and O–H groups in total. The van der Waals surface area contributed by atoms with Crippen molar-refractivity contribution < 1.29 is 27.2 Å². The van der Waals surface area contributed by atoms with Crippen LogP contribution in [0.25, 0.3) is 11.0 Å². The van der Waals surface area contributed by atoms with Crippen LogP contribution in [-0.2, 0) is 21.4 Å². The van der Waals surface area contributed by atoms with Gasteiger partial charge in [-0.2, -0.15) is 0 Å². The number of ether oxygens (including phenoxy) is 2. The Bertz CT molecular complexity index is 1330. The van der Waals surface area contributed by atoms with E-state index in [1.807, 2.05) is 12.1 Å². The van der Waals surface area contributed by atoms with Crippen molar-refractivity contribution in [3.63, 3.8) is 0 Å². The third kappa shape index (κ3) is 5.41. The summed E-state index contributed by atoms with van der Waals surface area (Å²) in [5, 5.41) is 7.33. The third-order valence-electron chi connectivity index (χ3n) is 5.93. The summed E-state index contributed by atoms with van der Waals surface area (Å²) in [6, 6.07) is 10.1. The van der Waals surface area contributed by atoms with Gasteiger partial charge < -0.3 is 19.3 Å². The first-order chi connectivity index (χ1) is 16.8. The molecule has 1 aliphatic heterocycles. The summed E-state index contributed by atoms with van der Waals surface area (Å²) < 4.78 is 44.7. The Morgan fingerprint density at radius 1 is 1.20 bits per heavy atom. The van der Waals surface area contributed by atoms with Crippen LogP contribution in [-0.4, -0.2) is 57.7 Å². The number of aromatic nitrogens is 1. The van der Waals surface area contributed by atoms with E-state index in [0.29, 0.717) is 23.3 Å². The first kappa shape index (κ1) is 24.6. The highest BCUT2D eigenvalue weighted by atomic mass is 32.2. The zero-order valence-corrected chi connectivity index (χ0v) is 20.4. The maximum Gasteiger partial charge on any atom is 0.266 e. The number of hydrogen-bond acceptors (Lipinski definition) is 8. The first-order valence-electron chi connectivity index (χ1n) is 11.1. The number of para-hydroxylation sites is 1. The molecule has 1 fully saturated rings. The van der Waals surface area contributed by atoms with Gasteiger partial charge in [0.15, 0.2) is 11.4 Å². The van der Waals surface area contributed by atoms with Crippen molar-refractivity contribution >= 4 is 32.7 Å². The van der Waals surface area contributed by atoms with Crippen molar-refractivity contribution in [2.45, 2.75) is 30.3 Å². The number of nitrogens with zero attached hydrogens (tertiary/aromatic N) is 2. The number of benzene rings is 2. The first-order valence-corrected chi connectivity index (χ1v) is 12.6. The van der Waals surface area contributed by atoms with Crippen molar-refractivity contribution in [3.8, 4) is 11.5 Å². The predicted molar refractivity (Wildman–Crippen MR) is 131 cm³/mol. The fourth-order valence-corrected chi connectivity index (χ4v) is 5.37. The molecule has 10 nitrogen and oxygen atoms in total. The van der Waals surface area contributed by atoms with Gasteiger partial charge in [0.05, 0.1) is 14.2 Å². The smallest absolute Gasteiger partial charge is 0.266 e. The molecule has 0 spiro atoms. The van der Waals surface area contributed by atoms with Gasteiger partial charge in [0.25, 0.3) is 10.0 Å². The highest BCUT2D eigenvalue weighted by molar-refractivity contribution is 7.92. The topological polar surface area (TPSA) is 123 Å². The molecule has 0 aliphatic carbocycles. The van der Waals surface area contributed by atoms with Gasteiger partial charge in [0.2, 0.25) is 5.91 Å². The molecule has 186 valence electrons. The molecule has 11 heteroatoms. The van der Waals surface area contributed by atoms with E-state index in [-0.39, 0.29) is 28.4 Å². The monoisotopic (exact) mass is 500 g/mol. The molecule has 1 saturated heterocycles. The number of methoxy groups -OCH3 is 2. The Morgan fingerprint density at radius 3 is 2.60 bits per heavy atom. The fourth-order valence-electron chi connectivity index (χ4n) is 4.19. The minimum atomic E-state index is -3.99. The van der Waals surface area contributed by atoms with Gasteiger partial charge >= 0.3 is 0 Å². The number of amides is 1. The van der Waals surface area contributed by atoms with Crippen molar-refractivity contribution in [1.29, 1.82) is 0 Å². The summed E-state index contributed by atoms with van der Waals surface area (Å²) in [6.45, 7) is 5.79. The average molecular weight is 501 g/mol. The number of hydrogen-bond donors (Lipinski definition) is 2. The Kier molecular flexibility index (Phi) is 7.27. The largest absolute Gasteiger partial charge is 0.496 e. The van der Waals surface area contributed by atoms with E-state index < -0.39 is 10.0 Å². The number of nitrogens with one attached hydrogen (secondary N) is 2. The molecule has 1 amide bonds. The number of carbonyl (C=O) groups excluding carboxylic acids is 1. The van der Waals surface area contributed by atoms with Gasteiger partial charge in [0, 0.05) is 25.7 Å². The van der Waals surface area contributed by atoms with Crippen molar-refractivity contribution in [2.75, 3.05) is 32.0 Å². The maximum atomic E-state index is 13.0. The number of carbonyl (C=O) groups is 1. The third-order valence-corrected chi connectivity index (χ3v) is 7.31. The molecule has 0 radical (unpaired) electrons. The molecule has 0 unspecified atom stereocenters. The van der Waals surface area contributed by atoms with E-state index in [1.165, 1.54) is 26.4 Å². The van der Waals surface area contributed by atoms with Crippen LogP contribution in [0.15, 0.2) is 58.5 Å². The summed E-state index contributed by atoms with van der Waals surface area (Å²) in [5.41, 5.74) is 1.35. The zero-order chi connectivity index (χ0) is 25.0. The summed E-state index contributed by atoms with van der Waals surface area (Å²) in [4.78, 5) is 13.8. The molecule has 35 heavy (non-hydrogen) atoms. The lowest BCUT2D eigenvalue weighted by Gasteiger charge is -2.32. The normalized spacial score (nSPS) is 15.0. The van der Waals surface area contributed by atoms with Gasteiger partial charge in [-0.1, -0.05) is 23.9 Å². The molecule has 0 atom stereocenters. The van der Waals surface area contributed by atoms with Crippen LogP contribution in [0.1, 0.15) is 18.4 Å². The second kappa shape index (κ2) is 10.4. The van der Waals surface area contributed by atoms with Crippen LogP contribution in [0.2, 0.25) is 0 Å². The fraction of sp³-hybridized carbons (Fsp3) is 0.333. The van der Waals surface area contributed by atoms with Gasteiger partial charge in [-0.15, -0.1) is 0 Å². The molecular formula is C24H28N4O6S. The van der Waals surface area contributed by atoms with Crippen molar-refractivity contribution in [1.82, 2.24) is 15.4 Å². The van der Waals surface area contributed by atoms with Crippen LogP contribution < -0.4 is 19.5 Å². The lowest BCUT2D eigenvalue weighted by Crippen LogP contribution is -2.43. The Hall–Kier alpha value is -3.57. The molecule has 0 bridgehead atoms. The molecule has 2 aromatic carbocycles. The van der Waals surface area contributed by atoms with E-state index in [2.05, 4.69) is 26.7 Å². The molecule has 1 aromatic heterocycles. The molecular weight excluding hydrogens is 472 g/mol. The van der Waals surface area contributed by atoms with E-state index >= 15 is 0 Å². The minimum Gasteiger partial charge on any atom is -0.496 e. The lowest BCUT2D eigenvalue weighted by molar-refractivity contribution is -0.117. The zero-order valence-electron chi connectivity index (χ0n) is 19.6. The second-order valence-corrected chi connectivity index (χ2v) is 9.87. The number of sulfonamides is 1. The van der Waals surface area contributed by atoms with Crippen LogP contribution in [0.3, 0.4) is 0 Å².